The Kier molecular flexibility index (Phi) is 4.50. The van der Waals surface area contributed by atoms with Gasteiger partial charge in [-0.3, -0.25) is 4.79 Å². The van der Waals surface area contributed by atoms with E-state index >= 15 is 0 Å². The quantitative estimate of drug-likeness (QED) is 0.761. The summed E-state index contributed by atoms with van der Waals surface area (Å²) in [6.45, 7) is 0. The summed E-state index contributed by atoms with van der Waals surface area (Å²) in [6.07, 6.45) is 0. The van der Waals surface area contributed by atoms with Crippen LogP contribution in [0.5, 0.6) is 0 Å². The van der Waals surface area contributed by atoms with E-state index in [4.69, 9.17) is 0 Å². The van der Waals surface area contributed by atoms with Gasteiger partial charge >= 0.3 is 5.76 Å². The van der Waals surface area contributed by atoms with Crippen molar-refractivity contribution in [2.75, 3.05) is 5.32 Å². The van der Waals surface area contributed by atoms with Crippen molar-refractivity contribution in [3.8, 4) is 0 Å². The van der Waals surface area contributed by atoms with Crippen LogP contribution >= 0.6 is 0 Å². The van der Waals surface area contributed by atoms with Crippen LogP contribution < -0.4 is 5.32 Å². The van der Waals surface area contributed by atoms with E-state index in [1.165, 1.54) is 12.1 Å². The van der Waals surface area contributed by atoms with E-state index in [0.29, 0.717) is 11.3 Å². The number of rotatable bonds is 4. The van der Waals surface area contributed by atoms with Crippen molar-refractivity contribution in [1.82, 2.24) is 0 Å². The predicted molar refractivity (Wildman–Crippen MR) is 91.5 cm³/mol. The Morgan fingerprint density at radius 2 is 1.52 bits per heavy atom. The lowest BCUT2D eigenvalue weighted by Crippen LogP contribution is -2.13. The summed E-state index contributed by atoms with van der Waals surface area (Å²) in [5, 5.41) is 4.52. The first-order valence-corrected chi connectivity index (χ1v) is 8.85. The van der Waals surface area contributed by atoms with Gasteiger partial charge < -0.3 is 5.32 Å². The molecular weight excluding hydrogens is 348 g/mol. The average molecular weight is 361 g/mol. The summed E-state index contributed by atoms with van der Waals surface area (Å²) in [5.74, 6) is -3.86. The number of carbonyl (C=O) groups is 1. The SMILES string of the molecule is O=C(Nc1ccc(S(=O)(=O)C(F)F)cc1)c1ccc2ccccc2c1. The largest absolute Gasteiger partial charge is 0.341 e. The first-order chi connectivity index (χ1) is 11.9. The highest BCUT2D eigenvalue weighted by Gasteiger charge is 2.26. The summed E-state index contributed by atoms with van der Waals surface area (Å²) in [4.78, 5) is 11.8. The number of nitrogens with one attached hydrogen (secondary N) is 1. The van der Waals surface area contributed by atoms with Gasteiger partial charge in [0.15, 0.2) is 0 Å². The van der Waals surface area contributed by atoms with E-state index in [2.05, 4.69) is 5.32 Å². The predicted octanol–water partition coefficient (Wildman–Crippen LogP) is 4.09. The van der Waals surface area contributed by atoms with Gasteiger partial charge in [-0.1, -0.05) is 30.3 Å². The summed E-state index contributed by atoms with van der Waals surface area (Å²) < 4.78 is 47.7. The molecule has 1 N–H and O–H groups in total. The van der Waals surface area contributed by atoms with E-state index in [1.54, 1.807) is 12.1 Å². The van der Waals surface area contributed by atoms with Crippen LogP contribution in [0.4, 0.5) is 14.5 Å². The zero-order chi connectivity index (χ0) is 18.0. The Morgan fingerprint density at radius 1 is 0.880 bits per heavy atom. The lowest BCUT2D eigenvalue weighted by molar-refractivity contribution is 0.102. The zero-order valence-corrected chi connectivity index (χ0v) is 13.6. The molecule has 3 rings (SSSR count). The van der Waals surface area contributed by atoms with Crippen molar-refractivity contribution >= 4 is 32.2 Å². The molecule has 0 saturated heterocycles. The standard InChI is InChI=1S/C18H13F2NO3S/c19-18(20)25(23,24)16-9-7-15(8-10-16)21-17(22)14-6-5-12-3-1-2-4-13(12)11-14/h1-11,18H,(H,21,22). The van der Waals surface area contributed by atoms with Crippen LogP contribution in [-0.4, -0.2) is 20.1 Å². The normalized spacial score (nSPS) is 11.6. The molecule has 0 fully saturated rings. The molecule has 0 aromatic heterocycles. The Hall–Kier alpha value is -2.80. The fourth-order valence-electron chi connectivity index (χ4n) is 2.36. The Balaban J connectivity index is 1.80. The van der Waals surface area contributed by atoms with Crippen molar-refractivity contribution in [1.29, 1.82) is 0 Å². The van der Waals surface area contributed by atoms with Gasteiger partial charge in [-0.15, -0.1) is 0 Å². The van der Waals surface area contributed by atoms with Crippen LogP contribution in [0.3, 0.4) is 0 Å². The summed E-state index contributed by atoms with van der Waals surface area (Å²) >= 11 is 0. The number of carbonyl (C=O) groups excluding carboxylic acids is 1. The molecule has 0 spiro atoms. The number of fused-ring (bicyclic) bond motifs is 1. The highest BCUT2D eigenvalue weighted by Crippen LogP contribution is 2.21. The van der Waals surface area contributed by atoms with Gasteiger partial charge in [0.25, 0.3) is 5.91 Å². The molecular formula is C18H13F2NO3S. The second kappa shape index (κ2) is 6.60. The first-order valence-electron chi connectivity index (χ1n) is 7.30. The van der Waals surface area contributed by atoms with Crippen LogP contribution in [0.1, 0.15) is 10.4 Å². The molecule has 0 radical (unpaired) electrons. The monoisotopic (exact) mass is 361 g/mol. The van der Waals surface area contributed by atoms with Crippen LogP contribution in [0.2, 0.25) is 0 Å². The Bertz CT molecular complexity index is 1030. The molecule has 0 unspecified atom stereocenters. The minimum absolute atomic E-state index is 0.311. The third-order valence-corrected chi connectivity index (χ3v) is 5.09. The van der Waals surface area contributed by atoms with Crippen molar-refractivity contribution in [2.24, 2.45) is 0 Å². The van der Waals surface area contributed by atoms with Gasteiger partial charge in [0.05, 0.1) is 4.90 Å². The molecule has 0 aliphatic heterocycles. The van der Waals surface area contributed by atoms with E-state index < -0.39 is 20.5 Å². The molecule has 128 valence electrons. The lowest BCUT2D eigenvalue weighted by atomic mass is 10.1. The Morgan fingerprint density at radius 3 is 2.16 bits per heavy atom. The highest BCUT2D eigenvalue weighted by molar-refractivity contribution is 7.91. The molecule has 7 heteroatoms. The van der Waals surface area contributed by atoms with Gasteiger partial charge in [0, 0.05) is 11.3 Å². The second-order valence-corrected chi connectivity index (χ2v) is 7.26. The zero-order valence-electron chi connectivity index (χ0n) is 12.8. The number of amides is 1. The van der Waals surface area contributed by atoms with E-state index in [1.807, 2.05) is 30.3 Å². The number of alkyl halides is 2. The summed E-state index contributed by atoms with van der Waals surface area (Å²) in [5.41, 5.74) is 0.745. The number of sulfone groups is 1. The average Bonchev–Trinajstić information content (AvgIpc) is 2.61. The molecule has 3 aromatic carbocycles. The number of hydrogen-bond donors (Lipinski definition) is 1. The maximum atomic E-state index is 12.5. The fraction of sp³-hybridized carbons (Fsp3) is 0.0556. The van der Waals surface area contributed by atoms with Crippen molar-refractivity contribution < 1.29 is 22.0 Å². The Labute approximate surface area is 143 Å². The highest BCUT2D eigenvalue weighted by atomic mass is 32.2. The number of benzene rings is 3. The summed E-state index contributed by atoms with van der Waals surface area (Å²) in [7, 11) is -4.64. The van der Waals surface area contributed by atoms with Gasteiger partial charge in [0.2, 0.25) is 9.84 Å². The second-order valence-electron chi connectivity index (χ2n) is 5.35. The minimum atomic E-state index is -4.64. The number of halogens is 2. The molecule has 0 atom stereocenters. The fourth-order valence-corrected chi connectivity index (χ4v) is 3.09. The van der Waals surface area contributed by atoms with Gasteiger partial charge in [0.1, 0.15) is 0 Å². The minimum Gasteiger partial charge on any atom is -0.322 e. The summed E-state index contributed by atoms with van der Waals surface area (Å²) in [6, 6.07) is 17.4. The molecule has 0 aliphatic rings. The molecule has 4 nitrogen and oxygen atoms in total. The van der Waals surface area contributed by atoms with Crippen LogP contribution in [0.25, 0.3) is 10.8 Å². The molecule has 0 saturated carbocycles. The maximum Gasteiger partial charge on any atom is 0.341 e. The molecule has 0 heterocycles. The number of hydrogen-bond acceptors (Lipinski definition) is 3. The first kappa shape index (κ1) is 17.0. The smallest absolute Gasteiger partial charge is 0.322 e. The topological polar surface area (TPSA) is 63.2 Å². The molecule has 0 aliphatic carbocycles. The number of anilines is 1. The van der Waals surface area contributed by atoms with Gasteiger partial charge in [-0.05, 0) is 47.2 Å². The molecule has 3 aromatic rings. The third-order valence-electron chi connectivity index (χ3n) is 3.69. The van der Waals surface area contributed by atoms with Crippen molar-refractivity contribution in [2.45, 2.75) is 10.7 Å². The van der Waals surface area contributed by atoms with Gasteiger partial charge in [-0.2, -0.15) is 8.78 Å². The van der Waals surface area contributed by atoms with Gasteiger partial charge in [-0.25, -0.2) is 8.42 Å². The molecule has 25 heavy (non-hydrogen) atoms. The molecule has 1 amide bonds. The maximum absolute atomic E-state index is 12.5. The van der Waals surface area contributed by atoms with E-state index in [-0.39, 0.29) is 5.91 Å². The third kappa shape index (κ3) is 3.51. The van der Waals surface area contributed by atoms with Crippen LogP contribution in [-0.2, 0) is 9.84 Å². The van der Waals surface area contributed by atoms with Crippen LogP contribution in [0, 0.1) is 0 Å². The lowest BCUT2D eigenvalue weighted by Gasteiger charge is -2.08. The van der Waals surface area contributed by atoms with E-state index in [9.17, 15) is 22.0 Å². The van der Waals surface area contributed by atoms with Crippen molar-refractivity contribution in [3.63, 3.8) is 0 Å². The van der Waals surface area contributed by atoms with E-state index in [0.717, 1.165) is 22.9 Å². The van der Waals surface area contributed by atoms with Crippen molar-refractivity contribution in [3.05, 3.63) is 72.3 Å². The molecule has 0 bridgehead atoms. The van der Waals surface area contributed by atoms with Crippen LogP contribution in [0.15, 0.2) is 71.6 Å².